The number of likely N-dealkylation sites (N-methyl/N-ethyl adjacent to an activating group) is 1. The summed E-state index contributed by atoms with van der Waals surface area (Å²) in [4.78, 5) is 13.8. The SMILES string of the molecule is CN(C(=O)[C@H]1CNCCO1)C1CCNC1. The van der Waals surface area contributed by atoms with Gasteiger partial charge >= 0.3 is 0 Å². The van der Waals surface area contributed by atoms with Gasteiger partial charge in [0.2, 0.25) is 0 Å². The number of carbonyl (C=O) groups excluding carboxylic acids is 1. The number of rotatable bonds is 2. The van der Waals surface area contributed by atoms with Crippen LogP contribution >= 0.6 is 0 Å². The van der Waals surface area contributed by atoms with Crippen LogP contribution in [-0.2, 0) is 9.53 Å². The van der Waals surface area contributed by atoms with Crippen molar-refractivity contribution in [3.63, 3.8) is 0 Å². The molecule has 2 fully saturated rings. The Labute approximate surface area is 90.1 Å². The summed E-state index contributed by atoms with van der Waals surface area (Å²) in [5.74, 6) is 0.107. The molecule has 0 saturated carbocycles. The van der Waals surface area contributed by atoms with Crippen molar-refractivity contribution in [1.29, 1.82) is 0 Å². The third kappa shape index (κ3) is 2.48. The molecule has 0 aromatic carbocycles. The first-order chi connectivity index (χ1) is 7.29. The Kier molecular flexibility index (Phi) is 3.56. The lowest BCUT2D eigenvalue weighted by atomic mass is 10.2. The summed E-state index contributed by atoms with van der Waals surface area (Å²) in [6.07, 6.45) is 0.756. The molecule has 2 atom stereocenters. The van der Waals surface area contributed by atoms with E-state index >= 15 is 0 Å². The van der Waals surface area contributed by atoms with Gasteiger partial charge in [0, 0.05) is 32.7 Å². The standard InChI is InChI=1S/C10H19N3O2/c1-13(8-2-3-11-6-8)10(14)9-7-12-4-5-15-9/h8-9,11-12H,2-7H2,1H3/t8?,9-/m1/s1. The van der Waals surface area contributed by atoms with E-state index in [4.69, 9.17) is 4.74 Å². The van der Waals surface area contributed by atoms with Gasteiger partial charge in [0.15, 0.2) is 0 Å². The zero-order valence-electron chi connectivity index (χ0n) is 9.16. The van der Waals surface area contributed by atoms with Gasteiger partial charge in [0.25, 0.3) is 5.91 Å². The van der Waals surface area contributed by atoms with Crippen molar-refractivity contribution in [2.75, 3.05) is 39.8 Å². The van der Waals surface area contributed by atoms with E-state index in [0.717, 1.165) is 26.1 Å². The first-order valence-electron chi connectivity index (χ1n) is 5.59. The van der Waals surface area contributed by atoms with Gasteiger partial charge in [-0.3, -0.25) is 4.79 Å². The van der Waals surface area contributed by atoms with E-state index in [1.807, 2.05) is 11.9 Å². The normalized spacial score (nSPS) is 31.5. The number of hydrogen-bond donors (Lipinski definition) is 2. The van der Waals surface area contributed by atoms with E-state index in [0.29, 0.717) is 19.2 Å². The van der Waals surface area contributed by atoms with Crippen LogP contribution in [0.3, 0.4) is 0 Å². The van der Waals surface area contributed by atoms with Crippen molar-refractivity contribution in [1.82, 2.24) is 15.5 Å². The number of nitrogens with zero attached hydrogens (tertiary/aromatic N) is 1. The maximum absolute atomic E-state index is 12.0. The quantitative estimate of drug-likeness (QED) is 0.605. The highest BCUT2D eigenvalue weighted by atomic mass is 16.5. The topological polar surface area (TPSA) is 53.6 Å². The number of morpholine rings is 1. The van der Waals surface area contributed by atoms with E-state index in [1.165, 1.54) is 0 Å². The molecule has 5 heteroatoms. The van der Waals surface area contributed by atoms with Crippen LogP contribution in [0.1, 0.15) is 6.42 Å². The highest BCUT2D eigenvalue weighted by molar-refractivity contribution is 5.81. The smallest absolute Gasteiger partial charge is 0.253 e. The van der Waals surface area contributed by atoms with Crippen LogP contribution in [0.25, 0.3) is 0 Å². The molecule has 1 amide bonds. The minimum Gasteiger partial charge on any atom is -0.366 e. The van der Waals surface area contributed by atoms with Crippen LogP contribution in [0, 0.1) is 0 Å². The molecule has 86 valence electrons. The fourth-order valence-electron chi connectivity index (χ4n) is 2.10. The molecule has 2 aliphatic rings. The van der Waals surface area contributed by atoms with Crippen molar-refractivity contribution < 1.29 is 9.53 Å². The highest BCUT2D eigenvalue weighted by Gasteiger charge is 2.30. The third-order valence-electron chi connectivity index (χ3n) is 3.13. The Morgan fingerprint density at radius 2 is 2.13 bits per heavy atom. The number of amides is 1. The lowest BCUT2D eigenvalue weighted by molar-refractivity contribution is -0.145. The summed E-state index contributed by atoms with van der Waals surface area (Å²) in [7, 11) is 1.87. The predicted octanol–water partition coefficient (Wildman–Crippen LogP) is -1.20. The third-order valence-corrected chi connectivity index (χ3v) is 3.13. The second-order valence-electron chi connectivity index (χ2n) is 4.16. The summed E-state index contributed by atoms with van der Waals surface area (Å²) < 4.78 is 5.45. The molecule has 0 aliphatic carbocycles. The Morgan fingerprint density at radius 3 is 2.73 bits per heavy atom. The summed E-state index contributed by atoms with van der Waals surface area (Å²) in [5, 5.41) is 6.43. The molecule has 2 N–H and O–H groups in total. The number of hydrogen-bond acceptors (Lipinski definition) is 4. The second-order valence-corrected chi connectivity index (χ2v) is 4.16. The molecule has 0 radical (unpaired) electrons. The van der Waals surface area contributed by atoms with Crippen molar-refractivity contribution in [3.05, 3.63) is 0 Å². The molecule has 0 aromatic heterocycles. The molecular formula is C10H19N3O2. The zero-order valence-corrected chi connectivity index (χ0v) is 9.16. The first-order valence-corrected chi connectivity index (χ1v) is 5.59. The summed E-state index contributed by atoms with van der Waals surface area (Å²) in [6.45, 7) is 4.03. The molecule has 15 heavy (non-hydrogen) atoms. The van der Waals surface area contributed by atoms with Crippen molar-refractivity contribution >= 4 is 5.91 Å². The Morgan fingerprint density at radius 1 is 1.33 bits per heavy atom. The average Bonchev–Trinajstić information content (AvgIpc) is 2.82. The Bertz CT molecular complexity index is 223. The van der Waals surface area contributed by atoms with E-state index in [-0.39, 0.29) is 12.0 Å². The van der Waals surface area contributed by atoms with E-state index in [9.17, 15) is 4.79 Å². The molecule has 2 aliphatic heterocycles. The Balaban J connectivity index is 1.87. The summed E-state index contributed by atoms with van der Waals surface area (Å²) >= 11 is 0. The number of carbonyl (C=O) groups is 1. The first kappa shape index (κ1) is 10.9. The lowest BCUT2D eigenvalue weighted by Gasteiger charge is -2.30. The van der Waals surface area contributed by atoms with Crippen LogP contribution in [0.2, 0.25) is 0 Å². The summed E-state index contributed by atoms with van der Waals surface area (Å²) in [5.41, 5.74) is 0. The molecule has 0 spiro atoms. The van der Waals surface area contributed by atoms with Gasteiger partial charge in [-0.1, -0.05) is 0 Å². The number of nitrogens with one attached hydrogen (secondary N) is 2. The monoisotopic (exact) mass is 213 g/mol. The summed E-state index contributed by atoms with van der Waals surface area (Å²) in [6, 6.07) is 0.336. The zero-order chi connectivity index (χ0) is 10.7. The maximum Gasteiger partial charge on any atom is 0.253 e. The fourth-order valence-corrected chi connectivity index (χ4v) is 2.10. The molecule has 2 rings (SSSR count). The largest absolute Gasteiger partial charge is 0.366 e. The van der Waals surface area contributed by atoms with Gasteiger partial charge in [0.05, 0.1) is 6.61 Å². The van der Waals surface area contributed by atoms with Gasteiger partial charge < -0.3 is 20.3 Å². The molecule has 2 heterocycles. The van der Waals surface area contributed by atoms with Gasteiger partial charge in [-0.2, -0.15) is 0 Å². The van der Waals surface area contributed by atoms with Crippen LogP contribution in [0.4, 0.5) is 0 Å². The van der Waals surface area contributed by atoms with Crippen LogP contribution in [0.15, 0.2) is 0 Å². The number of ether oxygens (including phenoxy) is 1. The highest BCUT2D eigenvalue weighted by Crippen LogP contribution is 2.09. The van der Waals surface area contributed by atoms with Gasteiger partial charge in [-0.05, 0) is 13.0 Å². The van der Waals surface area contributed by atoms with Gasteiger partial charge in [-0.25, -0.2) is 0 Å². The lowest BCUT2D eigenvalue weighted by Crippen LogP contribution is -2.51. The molecule has 5 nitrogen and oxygen atoms in total. The minimum atomic E-state index is -0.288. The Hall–Kier alpha value is -0.650. The minimum absolute atomic E-state index is 0.107. The van der Waals surface area contributed by atoms with Gasteiger partial charge in [0.1, 0.15) is 6.10 Å². The van der Waals surface area contributed by atoms with Crippen molar-refractivity contribution in [2.45, 2.75) is 18.6 Å². The van der Waals surface area contributed by atoms with Crippen molar-refractivity contribution in [3.8, 4) is 0 Å². The van der Waals surface area contributed by atoms with Crippen LogP contribution < -0.4 is 10.6 Å². The van der Waals surface area contributed by atoms with E-state index in [1.54, 1.807) is 0 Å². The average molecular weight is 213 g/mol. The van der Waals surface area contributed by atoms with Crippen LogP contribution in [-0.4, -0.2) is 62.8 Å². The van der Waals surface area contributed by atoms with Crippen molar-refractivity contribution in [2.24, 2.45) is 0 Å². The van der Waals surface area contributed by atoms with E-state index < -0.39 is 0 Å². The second kappa shape index (κ2) is 4.92. The van der Waals surface area contributed by atoms with E-state index in [2.05, 4.69) is 10.6 Å². The fraction of sp³-hybridized carbons (Fsp3) is 0.900. The van der Waals surface area contributed by atoms with Gasteiger partial charge in [-0.15, -0.1) is 0 Å². The molecular weight excluding hydrogens is 194 g/mol. The molecule has 0 bridgehead atoms. The molecule has 1 unspecified atom stereocenters. The van der Waals surface area contributed by atoms with Crippen LogP contribution in [0.5, 0.6) is 0 Å². The molecule has 2 saturated heterocycles. The predicted molar refractivity (Wildman–Crippen MR) is 56.7 cm³/mol. The maximum atomic E-state index is 12.0. The molecule has 0 aromatic rings.